The Morgan fingerprint density at radius 3 is 2.43 bits per heavy atom. The second-order valence-corrected chi connectivity index (χ2v) is 10.0. The molecule has 1 aliphatic heterocycles. The molecule has 0 radical (unpaired) electrons. The standard InChI is InChI=1S/C26H21Cl2IN2O3S/c1-3-33-20-9-7-19(8-10-20)31-25(32)23(30(2)26(31)35)13-16-4-11-24(22(29)12-16)34-15-17-5-6-18(27)14-21(17)28/h4-14H,3,15H2,1-2H3/b23-13-. The fourth-order valence-corrected chi connectivity index (χ4v) is 4.96. The van der Waals surface area contributed by atoms with Crippen LogP contribution in [0.1, 0.15) is 18.1 Å². The van der Waals surface area contributed by atoms with Crippen LogP contribution < -0.4 is 14.4 Å². The van der Waals surface area contributed by atoms with Gasteiger partial charge in [0.1, 0.15) is 23.8 Å². The van der Waals surface area contributed by atoms with Crippen molar-refractivity contribution in [2.45, 2.75) is 13.5 Å². The molecule has 35 heavy (non-hydrogen) atoms. The monoisotopic (exact) mass is 638 g/mol. The van der Waals surface area contributed by atoms with Crippen LogP contribution in [0.3, 0.4) is 0 Å². The maximum Gasteiger partial charge on any atom is 0.281 e. The van der Waals surface area contributed by atoms with Crippen molar-refractivity contribution in [2.75, 3.05) is 18.6 Å². The van der Waals surface area contributed by atoms with E-state index in [0.717, 1.165) is 26.2 Å². The number of hydrogen-bond donors (Lipinski definition) is 0. The largest absolute Gasteiger partial charge is 0.494 e. The first-order valence-electron chi connectivity index (χ1n) is 10.7. The van der Waals surface area contributed by atoms with Gasteiger partial charge in [-0.05, 0) is 102 Å². The first-order valence-corrected chi connectivity index (χ1v) is 13.0. The molecule has 180 valence electrons. The van der Waals surface area contributed by atoms with Gasteiger partial charge in [-0.3, -0.25) is 9.69 Å². The van der Waals surface area contributed by atoms with Crippen molar-refractivity contribution in [2.24, 2.45) is 0 Å². The predicted octanol–water partition coefficient (Wildman–Crippen LogP) is 7.18. The smallest absolute Gasteiger partial charge is 0.281 e. The minimum atomic E-state index is -0.186. The summed E-state index contributed by atoms with van der Waals surface area (Å²) in [5, 5.41) is 1.56. The molecule has 0 aromatic heterocycles. The van der Waals surface area contributed by atoms with E-state index in [1.54, 1.807) is 24.1 Å². The molecule has 1 heterocycles. The first-order chi connectivity index (χ1) is 16.8. The van der Waals surface area contributed by atoms with Gasteiger partial charge in [0.25, 0.3) is 5.91 Å². The topological polar surface area (TPSA) is 42.0 Å². The summed E-state index contributed by atoms with van der Waals surface area (Å²) in [5.41, 5.74) is 2.89. The number of carbonyl (C=O) groups excluding carboxylic acids is 1. The molecule has 3 aromatic carbocycles. The molecule has 1 aliphatic rings. The van der Waals surface area contributed by atoms with Crippen molar-refractivity contribution in [3.05, 3.63) is 91.1 Å². The Balaban J connectivity index is 1.51. The molecule has 0 unspecified atom stereocenters. The summed E-state index contributed by atoms with van der Waals surface area (Å²) < 4.78 is 12.4. The number of benzene rings is 3. The quantitative estimate of drug-likeness (QED) is 0.156. The Hall–Kier alpha value is -2.33. The molecule has 4 rings (SSSR count). The second kappa shape index (κ2) is 11.2. The molecular weight excluding hydrogens is 618 g/mol. The van der Waals surface area contributed by atoms with Gasteiger partial charge in [-0.1, -0.05) is 35.3 Å². The number of ether oxygens (including phenoxy) is 2. The van der Waals surface area contributed by atoms with Crippen molar-refractivity contribution in [3.63, 3.8) is 0 Å². The summed E-state index contributed by atoms with van der Waals surface area (Å²) in [5.74, 6) is 1.28. The van der Waals surface area contributed by atoms with Gasteiger partial charge in [-0.15, -0.1) is 0 Å². The Bertz CT molecular complexity index is 1310. The van der Waals surface area contributed by atoms with Crippen molar-refractivity contribution in [1.82, 2.24) is 4.90 Å². The van der Waals surface area contributed by atoms with E-state index in [0.29, 0.717) is 39.8 Å². The molecule has 3 aromatic rings. The predicted molar refractivity (Wildman–Crippen MR) is 153 cm³/mol. The third-order valence-electron chi connectivity index (χ3n) is 5.33. The van der Waals surface area contributed by atoms with E-state index in [2.05, 4.69) is 22.6 Å². The normalized spacial score (nSPS) is 14.7. The van der Waals surface area contributed by atoms with Crippen LogP contribution in [0, 0.1) is 3.57 Å². The molecule has 0 aliphatic carbocycles. The van der Waals surface area contributed by atoms with Crippen molar-refractivity contribution in [1.29, 1.82) is 0 Å². The number of thiocarbonyl (C=S) groups is 1. The summed E-state index contributed by atoms with van der Waals surface area (Å²) >= 11 is 20.0. The molecular formula is C26H21Cl2IN2O3S. The average molecular weight is 639 g/mol. The molecule has 0 saturated carbocycles. The highest BCUT2D eigenvalue weighted by atomic mass is 127. The van der Waals surface area contributed by atoms with Crippen LogP contribution in [-0.2, 0) is 11.4 Å². The van der Waals surface area contributed by atoms with Gasteiger partial charge < -0.3 is 14.4 Å². The molecule has 0 atom stereocenters. The van der Waals surface area contributed by atoms with Crippen molar-refractivity contribution >= 4 is 80.8 Å². The highest BCUT2D eigenvalue weighted by Crippen LogP contribution is 2.31. The Morgan fingerprint density at radius 1 is 1.03 bits per heavy atom. The van der Waals surface area contributed by atoms with Crippen LogP contribution in [0.15, 0.2) is 66.4 Å². The van der Waals surface area contributed by atoms with E-state index in [1.165, 1.54) is 4.90 Å². The SMILES string of the molecule is CCOc1ccc(N2C(=O)/C(=C/c3ccc(OCc4ccc(Cl)cc4Cl)c(I)c3)N(C)C2=S)cc1. The van der Waals surface area contributed by atoms with E-state index >= 15 is 0 Å². The zero-order valence-electron chi connectivity index (χ0n) is 18.9. The third kappa shape index (κ3) is 5.74. The molecule has 0 spiro atoms. The zero-order chi connectivity index (χ0) is 25.1. The second-order valence-electron chi connectivity index (χ2n) is 7.65. The fraction of sp³-hybridized carbons (Fsp3) is 0.154. The minimum absolute atomic E-state index is 0.186. The number of anilines is 1. The van der Waals surface area contributed by atoms with Crippen molar-refractivity contribution in [3.8, 4) is 11.5 Å². The molecule has 1 amide bonds. The highest BCUT2D eigenvalue weighted by Gasteiger charge is 2.36. The molecule has 9 heteroatoms. The summed E-state index contributed by atoms with van der Waals surface area (Å²) in [6.45, 7) is 2.82. The van der Waals surface area contributed by atoms with Crippen LogP contribution >= 0.6 is 58.0 Å². The van der Waals surface area contributed by atoms with Crippen LogP contribution in [0.4, 0.5) is 5.69 Å². The lowest BCUT2D eigenvalue weighted by Gasteiger charge is -2.16. The van der Waals surface area contributed by atoms with Gasteiger partial charge in [0, 0.05) is 22.7 Å². The Labute approximate surface area is 233 Å². The first kappa shape index (κ1) is 25.8. The van der Waals surface area contributed by atoms with Gasteiger partial charge in [0.2, 0.25) is 0 Å². The third-order valence-corrected chi connectivity index (χ3v) is 7.21. The maximum absolute atomic E-state index is 13.3. The van der Waals surface area contributed by atoms with E-state index in [9.17, 15) is 4.79 Å². The number of rotatable bonds is 7. The van der Waals surface area contributed by atoms with Crippen LogP contribution in [0.25, 0.3) is 6.08 Å². The van der Waals surface area contributed by atoms with Gasteiger partial charge >= 0.3 is 0 Å². The van der Waals surface area contributed by atoms with E-state index in [-0.39, 0.29) is 5.91 Å². The summed E-state index contributed by atoms with van der Waals surface area (Å²) in [7, 11) is 1.79. The van der Waals surface area contributed by atoms with Gasteiger partial charge in [-0.2, -0.15) is 0 Å². The van der Waals surface area contributed by atoms with Gasteiger partial charge in [-0.25, -0.2) is 0 Å². The van der Waals surface area contributed by atoms with Crippen LogP contribution in [-0.4, -0.2) is 29.6 Å². The lowest BCUT2D eigenvalue weighted by atomic mass is 10.1. The number of halogens is 3. The number of likely N-dealkylation sites (N-methyl/N-ethyl adjacent to an activating group) is 1. The molecule has 1 saturated heterocycles. The Morgan fingerprint density at radius 2 is 1.77 bits per heavy atom. The maximum atomic E-state index is 13.3. The van der Waals surface area contributed by atoms with Gasteiger partial charge in [0.15, 0.2) is 5.11 Å². The van der Waals surface area contributed by atoms with Crippen LogP contribution in [0.5, 0.6) is 11.5 Å². The fourth-order valence-electron chi connectivity index (χ4n) is 3.52. The van der Waals surface area contributed by atoms with E-state index in [1.807, 2.05) is 61.5 Å². The summed E-state index contributed by atoms with van der Waals surface area (Å²) in [6.07, 6.45) is 1.82. The number of hydrogen-bond acceptors (Lipinski definition) is 4. The molecule has 5 nitrogen and oxygen atoms in total. The average Bonchev–Trinajstić information content (AvgIpc) is 3.03. The van der Waals surface area contributed by atoms with E-state index < -0.39 is 0 Å². The lowest BCUT2D eigenvalue weighted by Crippen LogP contribution is -2.31. The number of carbonyl (C=O) groups is 1. The number of nitrogens with zero attached hydrogens (tertiary/aromatic N) is 2. The molecule has 0 N–H and O–H groups in total. The minimum Gasteiger partial charge on any atom is -0.494 e. The summed E-state index contributed by atoms with van der Waals surface area (Å²) in [6, 6.07) is 18.4. The Kier molecular flexibility index (Phi) is 8.21. The number of amides is 1. The molecule has 1 fully saturated rings. The van der Waals surface area contributed by atoms with Crippen molar-refractivity contribution < 1.29 is 14.3 Å². The lowest BCUT2D eigenvalue weighted by molar-refractivity contribution is -0.114. The zero-order valence-corrected chi connectivity index (χ0v) is 23.4. The highest BCUT2D eigenvalue weighted by molar-refractivity contribution is 14.1. The molecule has 0 bridgehead atoms. The van der Waals surface area contributed by atoms with E-state index in [4.69, 9.17) is 44.9 Å². The van der Waals surface area contributed by atoms with Crippen LogP contribution in [0.2, 0.25) is 10.0 Å². The van der Waals surface area contributed by atoms with Gasteiger partial charge in [0.05, 0.1) is 15.9 Å². The summed E-state index contributed by atoms with van der Waals surface area (Å²) in [4.78, 5) is 16.5.